The Labute approximate surface area is 101 Å². The Morgan fingerprint density at radius 1 is 1.18 bits per heavy atom. The van der Waals surface area contributed by atoms with Crippen LogP contribution >= 0.6 is 0 Å². The minimum atomic E-state index is -0.568. The van der Waals surface area contributed by atoms with Gasteiger partial charge in [-0.1, -0.05) is 0 Å². The molecule has 1 aliphatic heterocycles. The van der Waals surface area contributed by atoms with Crippen LogP contribution in [-0.2, 0) is 14.3 Å². The van der Waals surface area contributed by atoms with Crippen LogP contribution in [0.5, 0.6) is 0 Å². The molecule has 0 aromatic rings. The van der Waals surface area contributed by atoms with Gasteiger partial charge in [0.1, 0.15) is 18.2 Å². The standard InChI is InChI=1S/C12H19NO4/c1-12(2,3)17-11(16)13-5-9(7-14)4-10(6-13)8-15/h7-10H,4-6H2,1-3H3. The molecule has 1 aliphatic rings. The highest BCUT2D eigenvalue weighted by Crippen LogP contribution is 2.21. The number of rotatable bonds is 2. The molecule has 1 fully saturated rings. The van der Waals surface area contributed by atoms with E-state index in [0.29, 0.717) is 19.5 Å². The van der Waals surface area contributed by atoms with Gasteiger partial charge in [0.05, 0.1) is 0 Å². The van der Waals surface area contributed by atoms with Crippen LogP contribution in [0.4, 0.5) is 4.79 Å². The van der Waals surface area contributed by atoms with Crippen LogP contribution in [0.2, 0.25) is 0 Å². The second-order valence-corrected chi connectivity index (χ2v) is 5.41. The van der Waals surface area contributed by atoms with Gasteiger partial charge in [-0.25, -0.2) is 4.79 Å². The highest BCUT2D eigenvalue weighted by molar-refractivity contribution is 5.70. The molecule has 0 aromatic heterocycles. The van der Waals surface area contributed by atoms with Crippen molar-refractivity contribution in [2.75, 3.05) is 13.1 Å². The number of ether oxygens (including phenoxy) is 1. The molecule has 1 rings (SSSR count). The molecule has 17 heavy (non-hydrogen) atoms. The van der Waals surface area contributed by atoms with Crippen molar-refractivity contribution in [1.82, 2.24) is 4.90 Å². The molecule has 0 radical (unpaired) electrons. The van der Waals surface area contributed by atoms with E-state index in [4.69, 9.17) is 4.74 Å². The van der Waals surface area contributed by atoms with E-state index < -0.39 is 11.7 Å². The lowest BCUT2D eigenvalue weighted by Crippen LogP contribution is -2.46. The Hall–Kier alpha value is -1.39. The summed E-state index contributed by atoms with van der Waals surface area (Å²) in [5.74, 6) is -0.544. The summed E-state index contributed by atoms with van der Waals surface area (Å²) in [6.45, 7) is 6.02. The molecule has 1 saturated heterocycles. The molecule has 2 unspecified atom stereocenters. The van der Waals surface area contributed by atoms with E-state index in [1.54, 1.807) is 20.8 Å². The molecule has 0 spiro atoms. The molecule has 5 heteroatoms. The topological polar surface area (TPSA) is 63.7 Å². The van der Waals surface area contributed by atoms with E-state index in [1.165, 1.54) is 4.90 Å². The number of piperidine rings is 1. The van der Waals surface area contributed by atoms with Gasteiger partial charge in [-0.2, -0.15) is 0 Å². The molecule has 5 nitrogen and oxygen atoms in total. The Bertz CT molecular complexity index is 292. The van der Waals surface area contributed by atoms with Crippen LogP contribution in [0.25, 0.3) is 0 Å². The van der Waals surface area contributed by atoms with Crippen molar-refractivity contribution in [1.29, 1.82) is 0 Å². The monoisotopic (exact) mass is 241 g/mol. The highest BCUT2D eigenvalue weighted by atomic mass is 16.6. The van der Waals surface area contributed by atoms with Gasteiger partial charge in [-0.15, -0.1) is 0 Å². The second kappa shape index (κ2) is 5.29. The summed E-state index contributed by atoms with van der Waals surface area (Å²) >= 11 is 0. The summed E-state index contributed by atoms with van der Waals surface area (Å²) in [7, 11) is 0. The SMILES string of the molecule is CC(C)(C)OC(=O)N1CC(C=O)CC(C=O)C1. The van der Waals surface area contributed by atoms with Gasteiger partial charge < -0.3 is 19.2 Å². The first-order valence-electron chi connectivity index (χ1n) is 5.74. The number of hydrogen-bond donors (Lipinski definition) is 0. The molecule has 2 atom stereocenters. The maximum atomic E-state index is 11.8. The quantitative estimate of drug-likeness (QED) is 0.683. The van der Waals surface area contributed by atoms with Gasteiger partial charge in [-0.05, 0) is 27.2 Å². The Morgan fingerprint density at radius 2 is 1.65 bits per heavy atom. The first-order chi connectivity index (χ1) is 7.85. The minimum absolute atomic E-state index is 0.272. The van der Waals surface area contributed by atoms with Crippen molar-refractivity contribution in [2.45, 2.75) is 32.8 Å². The van der Waals surface area contributed by atoms with E-state index in [1.807, 2.05) is 0 Å². The summed E-state index contributed by atoms with van der Waals surface area (Å²) < 4.78 is 5.22. The third-order valence-electron chi connectivity index (χ3n) is 2.55. The average Bonchev–Trinajstić information content (AvgIpc) is 2.26. The highest BCUT2D eigenvalue weighted by Gasteiger charge is 2.32. The lowest BCUT2D eigenvalue weighted by molar-refractivity contribution is -0.116. The summed E-state index contributed by atoms with van der Waals surface area (Å²) in [6.07, 6.45) is 1.66. The van der Waals surface area contributed by atoms with Crippen LogP contribution in [-0.4, -0.2) is 42.3 Å². The summed E-state index contributed by atoms with van der Waals surface area (Å²) in [5.41, 5.74) is -0.568. The average molecular weight is 241 g/mol. The molecular formula is C12H19NO4. The lowest BCUT2D eigenvalue weighted by Gasteiger charge is -2.34. The van der Waals surface area contributed by atoms with E-state index in [2.05, 4.69) is 0 Å². The maximum Gasteiger partial charge on any atom is 0.410 e. The van der Waals surface area contributed by atoms with E-state index in [9.17, 15) is 14.4 Å². The smallest absolute Gasteiger partial charge is 0.410 e. The van der Waals surface area contributed by atoms with Crippen LogP contribution in [0.3, 0.4) is 0 Å². The maximum absolute atomic E-state index is 11.8. The third-order valence-corrected chi connectivity index (χ3v) is 2.55. The van der Waals surface area contributed by atoms with Gasteiger partial charge in [-0.3, -0.25) is 0 Å². The van der Waals surface area contributed by atoms with Gasteiger partial charge >= 0.3 is 6.09 Å². The van der Waals surface area contributed by atoms with Crippen LogP contribution in [0, 0.1) is 11.8 Å². The van der Waals surface area contributed by atoms with Crippen molar-refractivity contribution in [3.05, 3.63) is 0 Å². The van der Waals surface area contributed by atoms with Crippen molar-refractivity contribution >= 4 is 18.7 Å². The van der Waals surface area contributed by atoms with Crippen LogP contribution < -0.4 is 0 Å². The van der Waals surface area contributed by atoms with Gasteiger partial charge in [0.25, 0.3) is 0 Å². The second-order valence-electron chi connectivity index (χ2n) is 5.41. The fourth-order valence-corrected chi connectivity index (χ4v) is 1.85. The molecule has 0 N–H and O–H groups in total. The van der Waals surface area contributed by atoms with Gasteiger partial charge in [0.15, 0.2) is 0 Å². The molecule has 1 amide bonds. The summed E-state index contributed by atoms with van der Waals surface area (Å²) in [4.78, 5) is 34.8. The van der Waals surface area contributed by atoms with E-state index in [0.717, 1.165) is 12.6 Å². The van der Waals surface area contributed by atoms with Crippen molar-refractivity contribution in [3.8, 4) is 0 Å². The number of hydrogen-bond acceptors (Lipinski definition) is 4. The molecule has 0 aliphatic carbocycles. The third kappa shape index (κ3) is 4.17. The number of nitrogens with zero attached hydrogens (tertiary/aromatic N) is 1. The van der Waals surface area contributed by atoms with Crippen LogP contribution in [0.15, 0.2) is 0 Å². The van der Waals surface area contributed by atoms with Crippen LogP contribution in [0.1, 0.15) is 27.2 Å². The fourth-order valence-electron chi connectivity index (χ4n) is 1.85. The molecule has 0 aromatic carbocycles. The first kappa shape index (κ1) is 13.7. The zero-order valence-electron chi connectivity index (χ0n) is 10.5. The van der Waals surface area contributed by atoms with Crippen molar-refractivity contribution in [2.24, 2.45) is 11.8 Å². The minimum Gasteiger partial charge on any atom is -0.444 e. The largest absolute Gasteiger partial charge is 0.444 e. The van der Waals surface area contributed by atoms with Crippen molar-refractivity contribution in [3.63, 3.8) is 0 Å². The molecular weight excluding hydrogens is 222 g/mol. The van der Waals surface area contributed by atoms with Gasteiger partial charge in [0.2, 0.25) is 0 Å². The Kier molecular flexibility index (Phi) is 4.26. The van der Waals surface area contributed by atoms with E-state index in [-0.39, 0.29) is 11.8 Å². The lowest BCUT2D eigenvalue weighted by atomic mass is 9.91. The number of aldehydes is 2. The summed E-state index contributed by atoms with van der Waals surface area (Å²) in [6, 6.07) is 0. The molecule has 0 bridgehead atoms. The Morgan fingerprint density at radius 3 is 2.00 bits per heavy atom. The van der Waals surface area contributed by atoms with E-state index >= 15 is 0 Å². The first-order valence-corrected chi connectivity index (χ1v) is 5.74. The number of amides is 1. The molecule has 1 heterocycles. The predicted octanol–water partition coefficient (Wildman–Crippen LogP) is 1.26. The fraction of sp³-hybridized carbons (Fsp3) is 0.750. The Balaban J connectivity index is 2.65. The number of carbonyl (C=O) groups excluding carboxylic acids is 3. The number of likely N-dealkylation sites (tertiary alicyclic amines) is 1. The molecule has 0 saturated carbocycles. The van der Waals surface area contributed by atoms with Crippen molar-refractivity contribution < 1.29 is 19.1 Å². The number of carbonyl (C=O) groups is 3. The predicted molar refractivity (Wildman–Crippen MR) is 61.5 cm³/mol. The molecule has 96 valence electrons. The zero-order chi connectivity index (χ0) is 13.1. The normalized spacial score (nSPS) is 25.2. The summed E-state index contributed by atoms with van der Waals surface area (Å²) in [5, 5.41) is 0. The van der Waals surface area contributed by atoms with Gasteiger partial charge in [0, 0.05) is 24.9 Å². The zero-order valence-corrected chi connectivity index (χ0v) is 10.5.